The number of hydrogen-bond donors (Lipinski definition) is 3. The number of hydrogen-bond acceptors (Lipinski definition) is 2. The molecule has 0 spiro atoms. The smallest absolute Gasteiger partial charge is 0.319 e. The molecule has 1 aromatic rings. The number of nitrogens with one attached hydrogen (secondary N) is 3. The lowest BCUT2D eigenvalue weighted by Gasteiger charge is -2.07. The Morgan fingerprint density at radius 1 is 1.17 bits per heavy atom. The van der Waals surface area contributed by atoms with Crippen LogP contribution in [0.3, 0.4) is 0 Å². The Morgan fingerprint density at radius 3 is 2.44 bits per heavy atom. The van der Waals surface area contributed by atoms with Crippen molar-refractivity contribution in [2.75, 3.05) is 18.4 Å². The van der Waals surface area contributed by atoms with E-state index in [4.69, 9.17) is 0 Å². The Kier molecular flexibility index (Phi) is 6.48. The summed E-state index contributed by atoms with van der Waals surface area (Å²) in [5, 5.41) is 7.81. The van der Waals surface area contributed by atoms with Gasteiger partial charge in [-0.1, -0.05) is 6.92 Å². The lowest BCUT2D eigenvalue weighted by Crippen LogP contribution is -2.39. The lowest BCUT2D eigenvalue weighted by molar-refractivity contribution is -0.120. The largest absolute Gasteiger partial charge is 0.355 e. The van der Waals surface area contributed by atoms with Gasteiger partial charge in [0.2, 0.25) is 5.91 Å². The fourth-order valence-electron chi connectivity index (χ4n) is 1.20. The highest BCUT2D eigenvalue weighted by Crippen LogP contribution is 2.10. The summed E-state index contributed by atoms with van der Waals surface area (Å²) in [6.45, 7) is 2.58. The molecule has 0 aliphatic carbocycles. The maximum atomic E-state index is 11.5. The van der Waals surface area contributed by atoms with E-state index in [9.17, 15) is 9.59 Å². The maximum Gasteiger partial charge on any atom is 0.319 e. The average molecular weight is 361 g/mol. The summed E-state index contributed by atoms with van der Waals surface area (Å²) < 4.78 is 1.09. The zero-order valence-electron chi connectivity index (χ0n) is 10.1. The summed E-state index contributed by atoms with van der Waals surface area (Å²) in [6, 6.07) is 7.01. The van der Waals surface area contributed by atoms with E-state index in [1.807, 2.05) is 19.1 Å². The molecule has 0 saturated carbocycles. The van der Waals surface area contributed by atoms with E-state index in [1.54, 1.807) is 12.1 Å². The van der Waals surface area contributed by atoms with E-state index >= 15 is 0 Å². The third kappa shape index (κ3) is 5.85. The fraction of sp³-hybridized carbons (Fsp3) is 0.333. The molecule has 18 heavy (non-hydrogen) atoms. The van der Waals surface area contributed by atoms with Crippen molar-refractivity contribution in [3.63, 3.8) is 0 Å². The quantitative estimate of drug-likeness (QED) is 0.702. The molecule has 0 aliphatic heterocycles. The number of halogens is 1. The van der Waals surface area contributed by atoms with Gasteiger partial charge < -0.3 is 16.0 Å². The van der Waals surface area contributed by atoms with Gasteiger partial charge in [0.25, 0.3) is 0 Å². The second-order valence-corrected chi connectivity index (χ2v) is 4.91. The van der Waals surface area contributed by atoms with E-state index in [0.717, 1.165) is 9.99 Å². The molecule has 0 aliphatic rings. The SMILES string of the molecule is CCCNC(=O)CNC(=O)Nc1ccc(I)cc1. The van der Waals surface area contributed by atoms with Crippen LogP contribution < -0.4 is 16.0 Å². The first kappa shape index (κ1) is 14.7. The zero-order valence-corrected chi connectivity index (χ0v) is 12.3. The van der Waals surface area contributed by atoms with Crippen LogP contribution in [-0.4, -0.2) is 25.0 Å². The van der Waals surface area contributed by atoms with Gasteiger partial charge in [-0.25, -0.2) is 4.79 Å². The van der Waals surface area contributed by atoms with Crippen LogP contribution in [0.25, 0.3) is 0 Å². The Labute approximate surface area is 120 Å². The Morgan fingerprint density at radius 2 is 1.83 bits per heavy atom. The molecule has 5 nitrogen and oxygen atoms in total. The Hall–Kier alpha value is -1.31. The van der Waals surface area contributed by atoms with Crippen LogP contribution in [0.5, 0.6) is 0 Å². The van der Waals surface area contributed by atoms with Crippen molar-refractivity contribution in [3.8, 4) is 0 Å². The Balaban J connectivity index is 2.29. The van der Waals surface area contributed by atoms with Gasteiger partial charge in [0.1, 0.15) is 0 Å². The van der Waals surface area contributed by atoms with Gasteiger partial charge in [0, 0.05) is 15.8 Å². The summed E-state index contributed by atoms with van der Waals surface area (Å²) >= 11 is 2.19. The highest BCUT2D eigenvalue weighted by atomic mass is 127. The molecule has 0 aromatic heterocycles. The van der Waals surface area contributed by atoms with Crippen molar-refractivity contribution < 1.29 is 9.59 Å². The predicted molar refractivity (Wildman–Crippen MR) is 79.5 cm³/mol. The van der Waals surface area contributed by atoms with Gasteiger partial charge in [-0.2, -0.15) is 0 Å². The fourth-order valence-corrected chi connectivity index (χ4v) is 1.56. The lowest BCUT2D eigenvalue weighted by atomic mass is 10.3. The summed E-state index contributed by atoms with van der Waals surface area (Å²) in [4.78, 5) is 22.7. The minimum absolute atomic E-state index is 0.0177. The highest BCUT2D eigenvalue weighted by Gasteiger charge is 2.04. The van der Waals surface area contributed by atoms with Gasteiger partial charge in [-0.15, -0.1) is 0 Å². The number of carbonyl (C=O) groups is 2. The molecule has 0 atom stereocenters. The van der Waals surface area contributed by atoms with Crippen LogP contribution in [0.2, 0.25) is 0 Å². The van der Waals surface area contributed by atoms with Gasteiger partial charge in [0.05, 0.1) is 6.54 Å². The van der Waals surface area contributed by atoms with Crippen molar-refractivity contribution in [1.29, 1.82) is 0 Å². The summed E-state index contributed by atoms with van der Waals surface area (Å²) in [7, 11) is 0. The molecule has 3 N–H and O–H groups in total. The molecule has 0 radical (unpaired) electrons. The molecular weight excluding hydrogens is 345 g/mol. The molecule has 1 aromatic carbocycles. The van der Waals surface area contributed by atoms with Gasteiger partial charge in [-0.05, 0) is 53.3 Å². The molecule has 0 bridgehead atoms. The molecular formula is C12H16IN3O2. The minimum atomic E-state index is -0.386. The molecule has 1 rings (SSSR count). The van der Waals surface area contributed by atoms with Crippen LogP contribution in [-0.2, 0) is 4.79 Å². The average Bonchev–Trinajstić information content (AvgIpc) is 2.36. The normalized spacial score (nSPS) is 9.67. The number of amides is 3. The molecule has 0 saturated heterocycles. The van der Waals surface area contributed by atoms with Crippen LogP contribution >= 0.6 is 22.6 Å². The first-order valence-electron chi connectivity index (χ1n) is 5.69. The van der Waals surface area contributed by atoms with Crippen molar-refractivity contribution in [1.82, 2.24) is 10.6 Å². The topological polar surface area (TPSA) is 70.2 Å². The monoisotopic (exact) mass is 361 g/mol. The van der Waals surface area contributed by atoms with Gasteiger partial charge >= 0.3 is 6.03 Å². The van der Waals surface area contributed by atoms with E-state index in [2.05, 4.69) is 38.5 Å². The molecule has 0 heterocycles. The van der Waals surface area contributed by atoms with Crippen LogP contribution in [0.4, 0.5) is 10.5 Å². The first-order chi connectivity index (χ1) is 8.61. The third-order valence-corrected chi connectivity index (χ3v) is 2.80. The number of benzene rings is 1. The summed E-state index contributed by atoms with van der Waals surface area (Å²) in [6.07, 6.45) is 0.876. The second-order valence-electron chi connectivity index (χ2n) is 3.66. The van der Waals surface area contributed by atoms with Crippen molar-refractivity contribution in [3.05, 3.63) is 27.8 Å². The molecule has 6 heteroatoms. The summed E-state index contributed by atoms with van der Waals surface area (Å²) in [5.41, 5.74) is 0.696. The van der Waals surface area contributed by atoms with Crippen molar-refractivity contribution in [2.24, 2.45) is 0 Å². The van der Waals surface area contributed by atoms with E-state index in [1.165, 1.54) is 0 Å². The van der Waals surface area contributed by atoms with E-state index < -0.39 is 0 Å². The molecule has 0 unspecified atom stereocenters. The van der Waals surface area contributed by atoms with Gasteiger partial charge in [-0.3, -0.25) is 4.79 Å². The standard InChI is InChI=1S/C12H16IN3O2/c1-2-7-14-11(17)8-15-12(18)16-10-5-3-9(13)4-6-10/h3-6H,2,7-8H2,1H3,(H,14,17)(H2,15,16,18). The zero-order chi connectivity index (χ0) is 13.4. The van der Waals surface area contributed by atoms with E-state index in [-0.39, 0.29) is 18.5 Å². The third-order valence-electron chi connectivity index (χ3n) is 2.08. The number of urea groups is 1. The number of anilines is 1. The highest BCUT2D eigenvalue weighted by molar-refractivity contribution is 14.1. The van der Waals surface area contributed by atoms with Gasteiger partial charge in [0.15, 0.2) is 0 Å². The molecule has 3 amide bonds. The van der Waals surface area contributed by atoms with Crippen LogP contribution in [0.1, 0.15) is 13.3 Å². The summed E-state index contributed by atoms with van der Waals surface area (Å²) in [5.74, 6) is -0.186. The van der Waals surface area contributed by atoms with Crippen molar-refractivity contribution >= 4 is 40.2 Å². The van der Waals surface area contributed by atoms with E-state index in [0.29, 0.717) is 12.2 Å². The minimum Gasteiger partial charge on any atom is -0.355 e. The predicted octanol–water partition coefficient (Wildman–Crippen LogP) is 1.94. The molecule has 98 valence electrons. The number of carbonyl (C=O) groups excluding carboxylic acids is 2. The maximum absolute atomic E-state index is 11.5. The van der Waals surface area contributed by atoms with Crippen molar-refractivity contribution in [2.45, 2.75) is 13.3 Å². The second kappa shape index (κ2) is 7.91. The Bertz CT molecular complexity index is 406. The number of rotatable bonds is 5. The van der Waals surface area contributed by atoms with Crippen LogP contribution in [0.15, 0.2) is 24.3 Å². The van der Waals surface area contributed by atoms with Crippen LogP contribution in [0, 0.1) is 3.57 Å². The molecule has 0 fully saturated rings. The first-order valence-corrected chi connectivity index (χ1v) is 6.77.